The van der Waals surface area contributed by atoms with Gasteiger partial charge in [-0.25, -0.2) is 14.6 Å². The van der Waals surface area contributed by atoms with E-state index in [9.17, 15) is 29.4 Å². The predicted octanol–water partition coefficient (Wildman–Crippen LogP) is 1.45. The number of hydrogen-bond acceptors (Lipinski definition) is 9. The number of benzene rings is 1. The fourth-order valence-corrected chi connectivity index (χ4v) is 3.72. The van der Waals surface area contributed by atoms with Gasteiger partial charge in [-0.3, -0.25) is 19.5 Å². The van der Waals surface area contributed by atoms with Gasteiger partial charge in [-0.05, 0) is 26.3 Å². The number of carbonyl (C=O) groups excluding carboxylic acids is 3. The lowest BCUT2D eigenvalue weighted by atomic mass is 10.0. The number of aliphatic carboxylic acids is 1. The number of nitrogens with zero attached hydrogens (tertiary/aromatic N) is 4. The van der Waals surface area contributed by atoms with Crippen LogP contribution in [0.15, 0.2) is 39.7 Å². The van der Waals surface area contributed by atoms with Crippen LogP contribution in [0.4, 0.5) is 4.79 Å². The number of likely N-dealkylation sites (N-methyl/N-ethyl adjacent to an activating group) is 1. The summed E-state index contributed by atoms with van der Waals surface area (Å²) in [5.74, 6) is -3.73. The molecule has 1 fully saturated rings. The van der Waals surface area contributed by atoms with E-state index >= 15 is 0 Å². The number of aromatic nitrogens is 1. The zero-order valence-electron chi connectivity index (χ0n) is 19.9. The Labute approximate surface area is 212 Å². The van der Waals surface area contributed by atoms with Crippen LogP contribution < -0.4 is 5.32 Å². The maximum Gasteiger partial charge on any atom is 0.329 e. The van der Waals surface area contributed by atoms with Crippen LogP contribution >= 0.6 is 12.6 Å². The van der Waals surface area contributed by atoms with Crippen LogP contribution in [0.3, 0.4) is 0 Å². The molecule has 2 atom stereocenters. The minimum atomic E-state index is -1.24. The second-order valence-electron chi connectivity index (χ2n) is 8.55. The number of piperazine rings is 1. The molecule has 0 spiro atoms. The van der Waals surface area contributed by atoms with Crippen molar-refractivity contribution >= 4 is 42.7 Å². The highest BCUT2D eigenvalue weighted by atomic mass is 32.1. The number of oxazole rings is 1. The molecule has 1 aromatic carbocycles. The lowest BCUT2D eigenvalue weighted by Gasteiger charge is -2.32. The van der Waals surface area contributed by atoms with Crippen molar-refractivity contribution in [2.75, 3.05) is 19.6 Å². The minimum absolute atomic E-state index is 0.0105. The molecule has 3 rings (SSSR count). The van der Waals surface area contributed by atoms with Crippen LogP contribution in [-0.2, 0) is 14.4 Å². The van der Waals surface area contributed by atoms with Gasteiger partial charge < -0.3 is 24.8 Å². The molecule has 1 aliphatic heterocycles. The van der Waals surface area contributed by atoms with Crippen molar-refractivity contribution in [1.29, 1.82) is 0 Å². The second-order valence-corrected chi connectivity index (χ2v) is 9.70. The average molecular weight is 518 g/mol. The SMILES string of the molecule is CCN1CCN(C(=O)N[C@H](c2ccccc2)c2nc(C=NC(C(=O)O)C(C)(C)S)c(O)o2)C(=O)C1=O. The van der Waals surface area contributed by atoms with Crippen molar-refractivity contribution in [1.82, 2.24) is 20.1 Å². The Morgan fingerprint density at radius 3 is 2.50 bits per heavy atom. The third kappa shape index (κ3) is 5.85. The molecule has 36 heavy (non-hydrogen) atoms. The van der Waals surface area contributed by atoms with Gasteiger partial charge in [0.15, 0.2) is 11.7 Å². The molecular formula is C23H27N5O7S. The summed E-state index contributed by atoms with van der Waals surface area (Å²) in [7, 11) is 0. The number of thiol groups is 1. The Morgan fingerprint density at radius 1 is 1.25 bits per heavy atom. The highest BCUT2D eigenvalue weighted by Gasteiger charge is 2.37. The van der Waals surface area contributed by atoms with Gasteiger partial charge in [0.05, 0.1) is 6.21 Å². The van der Waals surface area contributed by atoms with Crippen molar-refractivity contribution < 1.29 is 33.8 Å². The highest BCUT2D eigenvalue weighted by molar-refractivity contribution is 7.81. The van der Waals surface area contributed by atoms with E-state index in [2.05, 4.69) is 27.9 Å². The van der Waals surface area contributed by atoms with E-state index < -0.39 is 46.6 Å². The number of urea groups is 1. The largest absolute Gasteiger partial charge is 0.480 e. The Hall–Kier alpha value is -3.87. The van der Waals surface area contributed by atoms with Crippen molar-refractivity contribution in [3.05, 3.63) is 47.5 Å². The van der Waals surface area contributed by atoms with Crippen LogP contribution in [0.25, 0.3) is 0 Å². The molecule has 2 aromatic rings. The Kier molecular flexibility index (Phi) is 8.03. The summed E-state index contributed by atoms with van der Waals surface area (Å²) in [6.07, 6.45) is 1.05. The van der Waals surface area contributed by atoms with E-state index in [1.807, 2.05) is 0 Å². The van der Waals surface area contributed by atoms with Crippen LogP contribution in [0.5, 0.6) is 5.95 Å². The summed E-state index contributed by atoms with van der Waals surface area (Å²) in [6.45, 7) is 5.45. The number of carboxylic acid groups (broad SMARTS) is 1. The van der Waals surface area contributed by atoms with Crippen molar-refractivity contribution in [2.24, 2.45) is 4.99 Å². The van der Waals surface area contributed by atoms with E-state index in [4.69, 9.17) is 4.42 Å². The molecule has 192 valence electrons. The summed E-state index contributed by atoms with van der Waals surface area (Å²) in [6, 6.07) is 5.39. The standard InChI is InChI=1S/C23H27N5O7S/c1-4-27-10-11-28(19(30)18(27)29)22(34)26-15(13-8-6-5-7-9-13)17-25-14(21(33)35-17)12-24-16(20(31)32)23(2,3)36/h5-9,12,15-16,33,36H,4,10-11H2,1-3H3,(H,26,34)(H,31,32)/t15-,16?/m1/s1. The number of carboxylic acids is 1. The molecule has 13 heteroatoms. The first-order valence-electron chi connectivity index (χ1n) is 11.1. The summed E-state index contributed by atoms with van der Waals surface area (Å²) >= 11 is 4.25. The number of aliphatic imine (C=N–C) groups is 1. The van der Waals surface area contributed by atoms with Crippen LogP contribution in [0, 0.1) is 0 Å². The number of amides is 4. The zero-order chi connectivity index (χ0) is 26.6. The number of hydrogen-bond donors (Lipinski definition) is 4. The van der Waals surface area contributed by atoms with Gasteiger partial charge in [0.25, 0.3) is 0 Å². The summed E-state index contributed by atoms with van der Waals surface area (Å²) in [4.78, 5) is 59.5. The first kappa shape index (κ1) is 26.7. The normalized spacial score (nSPS) is 16.3. The third-order valence-corrected chi connectivity index (χ3v) is 5.73. The lowest BCUT2D eigenvalue weighted by Crippen LogP contribution is -2.58. The molecule has 12 nitrogen and oxygen atoms in total. The van der Waals surface area contributed by atoms with E-state index in [-0.39, 0.29) is 24.7 Å². The molecule has 3 N–H and O–H groups in total. The molecule has 1 aliphatic rings. The molecule has 1 saturated heterocycles. The summed E-state index contributed by atoms with van der Waals surface area (Å²) in [5.41, 5.74) is 0.355. The number of carbonyl (C=O) groups is 4. The van der Waals surface area contributed by atoms with Crippen LogP contribution in [0.2, 0.25) is 0 Å². The van der Waals surface area contributed by atoms with Gasteiger partial charge in [-0.1, -0.05) is 30.3 Å². The molecule has 1 unspecified atom stereocenters. The Morgan fingerprint density at radius 2 is 1.92 bits per heavy atom. The van der Waals surface area contributed by atoms with E-state index in [0.29, 0.717) is 12.1 Å². The molecule has 2 heterocycles. The van der Waals surface area contributed by atoms with Gasteiger partial charge in [-0.2, -0.15) is 12.6 Å². The van der Waals surface area contributed by atoms with Crippen LogP contribution in [0.1, 0.15) is 44.0 Å². The van der Waals surface area contributed by atoms with E-state index in [0.717, 1.165) is 11.1 Å². The molecule has 1 aromatic heterocycles. The maximum absolute atomic E-state index is 13.0. The van der Waals surface area contributed by atoms with Crippen molar-refractivity contribution in [3.63, 3.8) is 0 Å². The van der Waals surface area contributed by atoms with Gasteiger partial charge in [0.2, 0.25) is 5.89 Å². The maximum atomic E-state index is 13.0. The third-order valence-electron chi connectivity index (χ3n) is 5.48. The number of aromatic hydroxyl groups is 1. The highest BCUT2D eigenvalue weighted by Crippen LogP contribution is 2.28. The quantitative estimate of drug-likeness (QED) is 0.232. The Bertz CT molecular complexity index is 1180. The first-order chi connectivity index (χ1) is 16.9. The first-order valence-corrected chi connectivity index (χ1v) is 11.5. The zero-order valence-corrected chi connectivity index (χ0v) is 20.8. The monoisotopic (exact) mass is 517 g/mol. The van der Waals surface area contributed by atoms with Gasteiger partial charge >= 0.3 is 29.8 Å². The fraction of sp³-hybridized carbons (Fsp3) is 0.391. The lowest BCUT2D eigenvalue weighted by molar-refractivity contribution is -0.153. The number of nitrogens with one attached hydrogen (secondary N) is 1. The molecular weight excluding hydrogens is 490 g/mol. The second kappa shape index (κ2) is 10.8. The molecule has 0 aliphatic carbocycles. The Balaban J connectivity index is 1.90. The van der Waals surface area contributed by atoms with Gasteiger partial charge in [0.1, 0.15) is 6.04 Å². The van der Waals surface area contributed by atoms with Gasteiger partial charge in [0, 0.05) is 24.4 Å². The van der Waals surface area contributed by atoms with Crippen LogP contribution in [-0.4, -0.2) is 85.4 Å². The minimum Gasteiger partial charge on any atom is -0.480 e. The van der Waals surface area contributed by atoms with E-state index in [1.165, 1.54) is 4.90 Å². The molecule has 0 radical (unpaired) electrons. The van der Waals surface area contributed by atoms with Crippen molar-refractivity contribution in [3.8, 4) is 5.95 Å². The summed E-state index contributed by atoms with van der Waals surface area (Å²) in [5, 5.41) is 22.3. The predicted molar refractivity (Wildman–Crippen MR) is 131 cm³/mol. The smallest absolute Gasteiger partial charge is 0.329 e. The number of rotatable bonds is 8. The molecule has 0 bridgehead atoms. The molecule has 0 saturated carbocycles. The van der Waals surface area contributed by atoms with E-state index in [1.54, 1.807) is 51.1 Å². The topological polar surface area (TPSA) is 166 Å². The summed E-state index contributed by atoms with van der Waals surface area (Å²) < 4.78 is 4.37. The van der Waals surface area contributed by atoms with Gasteiger partial charge in [-0.15, -0.1) is 0 Å². The molecule has 4 amide bonds. The van der Waals surface area contributed by atoms with Crippen molar-refractivity contribution in [2.45, 2.75) is 37.6 Å². The number of imide groups is 1. The average Bonchev–Trinajstić information content (AvgIpc) is 3.18. The fourth-order valence-electron chi connectivity index (χ4n) is 3.55.